The number of carbonyl (C=O) groups is 3. The van der Waals surface area contributed by atoms with Crippen LogP contribution in [0.3, 0.4) is 0 Å². The molecule has 9 nitrogen and oxygen atoms in total. The Bertz CT molecular complexity index is 1110. The number of rotatable bonds is 10. The van der Waals surface area contributed by atoms with E-state index in [-0.39, 0.29) is 31.5 Å². The largest absolute Gasteiger partial charge is 0.493 e. The zero-order valence-corrected chi connectivity index (χ0v) is 18.3. The number of nitrogens with one attached hydrogen (secondary N) is 2. The van der Waals surface area contributed by atoms with E-state index in [2.05, 4.69) is 15.4 Å². The minimum absolute atomic E-state index is 0.223. The molecule has 0 aliphatic rings. The van der Waals surface area contributed by atoms with Crippen molar-refractivity contribution >= 4 is 17.8 Å². The summed E-state index contributed by atoms with van der Waals surface area (Å²) in [6, 6.07) is 15.1. The van der Waals surface area contributed by atoms with E-state index in [1.54, 1.807) is 48.7 Å². The van der Waals surface area contributed by atoms with E-state index in [9.17, 15) is 14.4 Å². The third-order valence-corrected chi connectivity index (χ3v) is 4.64. The lowest BCUT2D eigenvalue weighted by atomic mass is 10.1. The van der Waals surface area contributed by atoms with Crippen LogP contribution in [0.25, 0.3) is 0 Å². The van der Waals surface area contributed by atoms with Crippen LogP contribution in [-0.4, -0.2) is 38.6 Å². The highest BCUT2D eigenvalue weighted by atomic mass is 16.6. The van der Waals surface area contributed by atoms with Gasteiger partial charge >= 0.3 is 5.97 Å². The highest BCUT2D eigenvalue weighted by molar-refractivity contribution is 5.95. The van der Waals surface area contributed by atoms with Gasteiger partial charge in [0.05, 0.1) is 27.0 Å². The lowest BCUT2D eigenvalue weighted by molar-refractivity contribution is -0.142. The van der Waals surface area contributed by atoms with E-state index in [0.717, 1.165) is 5.56 Å². The second kappa shape index (κ2) is 11.4. The Morgan fingerprint density at radius 2 is 1.61 bits per heavy atom. The fourth-order valence-corrected chi connectivity index (χ4v) is 2.91. The molecule has 1 aromatic heterocycles. The fraction of sp³-hybridized carbons (Fsp3) is 0.208. The number of ether oxygens (including phenoxy) is 3. The molecule has 172 valence electrons. The normalized spacial score (nSPS) is 10.2. The van der Waals surface area contributed by atoms with Gasteiger partial charge in [-0.15, -0.1) is 0 Å². The molecule has 0 saturated carbocycles. The highest BCUT2D eigenvalue weighted by Crippen LogP contribution is 2.28. The van der Waals surface area contributed by atoms with Gasteiger partial charge in [0.1, 0.15) is 5.76 Å². The van der Waals surface area contributed by atoms with Crippen LogP contribution < -0.4 is 20.1 Å². The van der Waals surface area contributed by atoms with Crippen molar-refractivity contribution in [3.05, 3.63) is 83.3 Å². The second-order valence-electron chi connectivity index (χ2n) is 6.88. The lowest BCUT2D eigenvalue weighted by Crippen LogP contribution is -2.24. The van der Waals surface area contributed by atoms with Gasteiger partial charge in [0.2, 0.25) is 0 Å². The Morgan fingerprint density at radius 1 is 0.848 bits per heavy atom. The van der Waals surface area contributed by atoms with Crippen molar-refractivity contribution in [1.29, 1.82) is 0 Å². The predicted molar refractivity (Wildman–Crippen MR) is 118 cm³/mol. The molecule has 9 heteroatoms. The SMILES string of the molecule is COC(=O)COc1ccc(C(=O)NCc2cccc(C(=O)NCc3ccco3)c2)cc1OC. The molecule has 0 saturated heterocycles. The molecule has 0 aliphatic heterocycles. The molecule has 0 fully saturated rings. The summed E-state index contributed by atoms with van der Waals surface area (Å²) in [7, 11) is 2.70. The summed E-state index contributed by atoms with van der Waals surface area (Å²) in [5, 5.41) is 5.59. The summed E-state index contributed by atoms with van der Waals surface area (Å²) in [6.45, 7) is 0.235. The summed E-state index contributed by atoms with van der Waals surface area (Å²) in [6.07, 6.45) is 1.54. The summed E-state index contributed by atoms with van der Waals surface area (Å²) >= 11 is 0. The standard InChI is InChI=1S/C24H24N2O7/c1-30-21-12-18(8-9-20(21)33-15-22(27)31-2)24(29)25-13-16-5-3-6-17(11-16)23(28)26-14-19-7-4-10-32-19/h3-12H,13-15H2,1-2H3,(H,25,29)(H,26,28). The van der Waals surface area contributed by atoms with Gasteiger partial charge in [-0.25, -0.2) is 4.79 Å². The van der Waals surface area contributed by atoms with Gasteiger partial charge in [-0.3, -0.25) is 9.59 Å². The molecule has 0 bridgehead atoms. The fourth-order valence-electron chi connectivity index (χ4n) is 2.91. The van der Waals surface area contributed by atoms with Crippen molar-refractivity contribution in [2.45, 2.75) is 13.1 Å². The predicted octanol–water partition coefficient (Wildman–Crippen LogP) is 2.70. The van der Waals surface area contributed by atoms with Gasteiger partial charge in [-0.05, 0) is 48.0 Å². The van der Waals surface area contributed by atoms with Crippen LogP contribution in [0.2, 0.25) is 0 Å². The first-order valence-electron chi connectivity index (χ1n) is 10.1. The monoisotopic (exact) mass is 452 g/mol. The third-order valence-electron chi connectivity index (χ3n) is 4.64. The molecular weight excluding hydrogens is 428 g/mol. The van der Waals surface area contributed by atoms with Gasteiger partial charge in [-0.1, -0.05) is 12.1 Å². The van der Waals surface area contributed by atoms with Gasteiger partial charge < -0.3 is 29.3 Å². The molecular formula is C24H24N2O7. The number of benzene rings is 2. The van der Waals surface area contributed by atoms with Crippen molar-refractivity contribution in [3.8, 4) is 11.5 Å². The Balaban J connectivity index is 1.58. The number of amides is 2. The number of hydrogen-bond donors (Lipinski definition) is 2. The average molecular weight is 452 g/mol. The van der Waals surface area contributed by atoms with E-state index in [4.69, 9.17) is 13.9 Å². The topological polar surface area (TPSA) is 116 Å². The van der Waals surface area contributed by atoms with Crippen molar-refractivity contribution < 1.29 is 33.0 Å². The Morgan fingerprint density at radius 3 is 2.30 bits per heavy atom. The van der Waals surface area contributed by atoms with Gasteiger partial charge in [0.15, 0.2) is 18.1 Å². The zero-order chi connectivity index (χ0) is 23.6. The Kier molecular flexibility index (Phi) is 8.07. The van der Waals surface area contributed by atoms with Gasteiger partial charge in [-0.2, -0.15) is 0 Å². The van der Waals surface area contributed by atoms with Gasteiger partial charge in [0, 0.05) is 17.7 Å². The molecule has 0 spiro atoms. The number of methoxy groups -OCH3 is 2. The van der Waals surface area contributed by atoms with Crippen molar-refractivity contribution in [2.24, 2.45) is 0 Å². The molecule has 2 amide bonds. The van der Waals surface area contributed by atoms with Crippen LogP contribution >= 0.6 is 0 Å². The molecule has 0 unspecified atom stereocenters. The molecule has 3 aromatic rings. The smallest absolute Gasteiger partial charge is 0.343 e. The quantitative estimate of drug-likeness (QED) is 0.454. The molecule has 0 radical (unpaired) electrons. The van der Waals surface area contributed by atoms with E-state index >= 15 is 0 Å². The van der Waals surface area contributed by atoms with E-state index in [0.29, 0.717) is 28.4 Å². The maximum atomic E-state index is 12.6. The maximum Gasteiger partial charge on any atom is 0.343 e. The molecule has 2 N–H and O–H groups in total. The first kappa shape index (κ1) is 23.4. The first-order valence-corrected chi connectivity index (χ1v) is 10.1. The molecule has 0 atom stereocenters. The maximum absolute atomic E-state index is 12.6. The van der Waals surface area contributed by atoms with Crippen LogP contribution in [-0.2, 0) is 22.6 Å². The van der Waals surface area contributed by atoms with Crippen LogP contribution in [0.1, 0.15) is 32.0 Å². The molecule has 33 heavy (non-hydrogen) atoms. The van der Waals surface area contributed by atoms with Crippen molar-refractivity contribution in [3.63, 3.8) is 0 Å². The lowest BCUT2D eigenvalue weighted by Gasteiger charge is -2.12. The van der Waals surface area contributed by atoms with Crippen molar-refractivity contribution in [1.82, 2.24) is 10.6 Å². The Labute approximate surface area is 190 Å². The number of furan rings is 1. The zero-order valence-electron chi connectivity index (χ0n) is 18.3. The first-order chi connectivity index (χ1) is 16.0. The molecule has 1 heterocycles. The number of carbonyl (C=O) groups excluding carboxylic acids is 3. The van der Waals surface area contributed by atoms with Crippen LogP contribution in [0.4, 0.5) is 0 Å². The van der Waals surface area contributed by atoms with Crippen molar-refractivity contribution in [2.75, 3.05) is 20.8 Å². The van der Waals surface area contributed by atoms with E-state index < -0.39 is 5.97 Å². The molecule has 0 aliphatic carbocycles. The van der Waals surface area contributed by atoms with E-state index in [1.807, 2.05) is 6.07 Å². The summed E-state index contributed by atoms with van der Waals surface area (Å²) in [5.41, 5.74) is 1.59. The van der Waals surface area contributed by atoms with Crippen LogP contribution in [0.5, 0.6) is 11.5 Å². The molecule has 3 rings (SSSR count). The molecule has 2 aromatic carbocycles. The summed E-state index contributed by atoms with van der Waals surface area (Å²) in [4.78, 5) is 36.2. The third kappa shape index (κ3) is 6.60. The number of esters is 1. The van der Waals surface area contributed by atoms with Crippen LogP contribution in [0, 0.1) is 0 Å². The second-order valence-corrected chi connectivity index (χ2v) is 6.88. The van der Waals surface area contributed by atoms with Crippen LogP contribution in [0.15, 0.2) is 65.3 Å². The van der Waals surface area contributed by atoms with Gasteiger partial charge in [0.25, 0.3) is 11.8 Å². The Hall–Kier alpha value is -4.27. The number of hydrogen-bond acceptors (Lipinski definition) is 7. The minimum atomic E-state index is -0.532. The van der Waals surface area contributed by atoms with E-state index in [1.165, 1.54) is 20.3 Å². The summed E-state index contributed by atoms with van der Waals surface area (Å²) < 4.78 is 20.3. The summed E-state index contributed by atoms with van der Waals surface area (Å²) in [5.74, 6) is 0.168. The average Bonchev–Trinajstić information content (AvgIpc) is 3.38. The minimum Gasteiger partial charge on any atom is -0.493 e. The highest BCUT2D eigenvalue weighted by Gasteiger charge is 2.13.